The minimum atomic E-state index is -2.27. The average molecular weight is 652 g/mol. The lowest BCUT2D eigenvalue weighted by molar-refractivity contribution is 1.09. The van der Waals surface area contributed by atoms with Gasteiger partial charge >= 0.3 is 0 Å². The van der Waals surface area contributed by atoms with Gasteiger partial charge in [-0.3, -0.25) is 17.9 Å². The van der Waals surface area contributed by atoms with Crippen molar-refractivity contribution in [2.24, 2.45) is 0 Å². The summed E-state index contributed by atoms with van der Waals surface area (Å²) in [5.74, 6) is 1.59. The number of nitrogens with zero attached hydrogens (tertiary/aromatic N) is 6. The highest BCUT2D eigenvalue weighted by Gasteiger charge is 2.22. The van der Waals surface area contributed by atoms with Crippen molar-refractivity contribution >= 4 is 55.7 Å². The van der Waals surface area contributed by atoms with Gasteiger partial charge in [0, 0.05) is 15.5 Å². The minimum Gasteiger partial charge on any atom is -0.278 e. The first-order valence-corrected chi connectivity index (χ1v) is 17.0. The number of hydrogen-bond donors (Lipinski definition) is 0. The molecule has 0 bridgehead atoms. The molecular formula is C44H36N6. The van der Waals surface area contributed by atoms with Crippen LogP contribution in [0.25, 0.3) is 78.2 Å². The monoisotopic (exact) mass is 651 g/mol. The minimum absolute atomic E-state index is 0.260. The molecule has 0 amide bonds. The first kappa shape index (κ1) is 25.8. The molecule has 4 aromatic heterocycles. The zero-order valence-electron chi connectivity index (χ0n) is 31.6. The summed E-state index contributed by atoms with van der Waals surface area (Å²) in [5, 5.41) is 0. The molecule has 0 N–H and O–H groups in total. The molecule has 6 nitrogen and oxygen atoms in total. The van der Waals surface area contributed by atoms with Gasteiger partial charge < -0.3 is 0 Å². The van der Waals surface area contributed by atoms with Crippen LogP contribution in [0.5, 0.6) is 0 Å². The Bertz CT molecular complexity index is 3120. The number of para-hydroxylation sites is 6. The van der Waals surface area contributed by atoms with Crippen LogP contribution in [0.4, 0.5) is 0 Å². The number of benzene rings is 6. The predicted molar refractivity (Wildman–Crippen MR) is 206 cm³/mol. The van der Waals surface area contributed by atoms with Crippen LogP contribution in [-0.4, -0.2) is 27.9 Å². The van der Waals surface area contributed by atoms with Gasteiger partial charge in [-0.2, -0.15) is 0 Å². The van der Waals surface area contributed by atoms with Crippen LogP contribution in [-0.2, 0) is 0 Å². The number of rotatable bonds is 3. The SMILES string of the molecule is [2H]C([2H])([2H])c1cccc2c1nc1n(-c3cc(C)c(-c4c(C)cc(-n5c6ccccc6n6c7cccc(C)c7nc56)cc4C)c(C)c3)c3ccccc3n21. The molecule has 0 spiro atoms. The van der Waals surface area contributed by atoms with E-state index < -0.39 is 6.85 Å². The van der Waals surface area contributed by atoms with Crippen LogP contribution >= 0.6 is 0 Å². The van der Waals surface area contributed by atoms with E-state index in [1.165, 1.54) is 22.3 Å². The largest absolute Gasteiger partial charge is 0.278 e. The standard InChI is InChI=1S/C44H36N6/c1-25-13-11-19-37-41(25)45-43-47(33-15-7-9-17-35(33)49(37)43)31-21-27(3)39(28(4)22-31)40-29(5)23-32(24-30(40)6)48-34-16-8-10-18-36(34)50-38-20-12-14-26(2)42(38)46-44(48)50/h7-24H,1-6H3/i1D3. The van der Waals surface area contributed by atoms with E-state index in [0.29, 0.717) is 11.3 Å². The third-order valence-corrected chi connectivity index (χ3v) is 10.5. The molecule has 0 radical (unpaired) electrons. The van der Waals surface area contributed by atoms with Crippen molar-refractivity contribution in [1.82, 2.24) is 27.9 Å². The summed E-state index contributed by atoms with van der Waals surface area (Å²) in [7, 11) is 0. The summed E-state index contributed by atoms with van der Waals surface area (Å²) in [5.41, 5.74) is 18.2. The van der Waals surface area contributed by atoms with E-state index >= 15 is 0 Å². The van der Waals surface area contributed by atoms with Gasteiger partial charge in [0.25, 0.3) is 0 Å². The van der Waals surface area contributed by atoms with E-state index in [2.05, 4.69) is 131 Å². The average Bonchev–Trinajstić information content (AvgIpc) is 3.85. The van der Waals surface area contributed by atoms with Crippen molar-refractivity contribution in [3.8, 4) is 22.5 Å². The van der Waals surface area contributed by atoms with Crippen LogP contribution in [0, 0.1) is 41.5 Å². The summed E-state index contributed by atoms with van der Waals surface area (Å²) in [6.45, 7) is 8.61. The van der Waals surface area contributed by atoms with E-state index in [9.17, 15) is 0 Å². The lowest BCUT2D eigenvalue weighted by Gasteiger charge is -2.19. The fraction of sp³-hybridized carbons (Fsp3) is 0.136. The van der Waals surface area contributed by atoms with Gasteiger partial charge in [0.2, 0.25) is 11.6 Å². The molecular weight excluding hydrogens is 613 g/mol. The normalized spacial score (nSPS) is 13.3. The Hall–Kier alpha value is -6.14. The smallest absolute Gasteiger partial charge is 0.220 e. The van der Waals surface area contributed by atoms with E-state index in [0.717, 1.165) is 72.5 Å². The summed E-state index contributed by atoms with van der Waals surface area (Å²) in [4.78, 5) is 10.2. The van der Waals surface area contributed by atoms with E-state index in [1.54, 1.807) is 6.07 Å². The van der Waals surface area contributed by atoms with Crippen molar-refractivity contribution in [3.05, 3.63) is 143 Å². The number of imidazole rings is 4. The third-order valence-electron chi connectivity index (χ3n) is 10.5. The van der Waals surface area contributed by atoms with Gasteiger partial charge in [0.05, 0.1) is 44.1 Å². The van der Waals surface area contributed by atoms with Crippen molar-refractivity contribution in [2.75, 3.05) is 0 Å². The molecule has 0 aliphatic rings. The third kappa shape index (κ3) is 3.79. The maximum atomic E-state index is 8.19. The lowest BCUT2D eigenvalue weighted by atomic mass is 9.88. The van der Waals surface area contributed by atoms with Crippen LogP contribution in [0.2, 0.25) is 0 Å². The molecule has 6 heteroatoms. The Morgan fingerprint density at radius 2 is 0.800 bits per heavy atom. The Balaban J connectivity index is 1.15. The van der Waals surface area contributed by atoms with Crippen molar-refractivity contribution in [3.63, 3.8) is 0 Å². The Morgan fingerprint density at radius 3 is 1.24 bits per heavy atom. The number of aromatic nitrogens is 6. The van der Waals surface area contributed by atoms with E-state index in [1.807, 2.05) is 24.3 Å². The fourth-order valence-electron chi connectivity index (χ4n) is 8.43. The first-order chi connectivity index (χ1) is 25.5. The Kier molecular flexibility index (Phi) is 5.26. The summed E-state index contributed by atoms with van der Waals surface area (Å²) >= 11 is 0. The topological polar surface area (TPSA) is 44.5 Å². The second kappa shape index (κ2) is 10.2. The number of fused-ring (bicyclic) bond motifs is 10. The first-order valence-electron chi connectivity index (χ1n) is 18.5. The zero-order valence-corrected chi connectivity index (χ0v) is 28.6. The van der Waals surface area contributed by atoms with Gasteiger partial charge in [0.1, 0.15) is 0 Å². The fourth-order valence-corrected chi connectivity index (χ4v) is 8.43. The molecule has 0 aliphatic carbocycles. The Labute approximate surface area is 293 Å². The highest BCUT2D eigenvalue weighted by Crippen LogP contribution is 2.39. The second-order valence-electron chi connectivity index (χ2n) is 13.7. The predicted octanol–water partition coefficient (Wildman–Crippen LogP) is 10.7. The Morgan fingerprint density at radius 1 is 0.420 bits per heavy atom. The van der Waals surface area contributed by atoms with Crippen molar-refractivity contribution in [2.45, 2.75) is 41.5 Å². The maximum absolute atomic E-state index is 8.19. The van der Waals surface area contributed by atoms with Crippen LogP contribution < -0.4 is 0 Å². The van der Waals surface area contributed by atoms with Crippen molar-refractivity contribution in [1.29, 1.82) is 0 Å². The summed E-state index contributed by atoms with van der Waals surface area (Å²) in [6, 6.07) is 37.6. The molecule has 0 saturated heterocycles. The highest BCUT2D eigenvalue weighted by atomic mass is 15.2. The highest BCUT2D eigenvalue weighted by molar-refractivity contribution is 5.95. The van der Waals surface area contributed by atoms with Gasteiger partial charge in [-0.25, -0.2) is 9.97 Å². The molecule has 0 saturated carbocycles. The molecule has 0 aliphatic heterocycles. The molecule has 0 atom stereocenters. The molecule has 10 aromatic rings. The molecule has 10 rings (SSSR count). The van der Waals surface area contributed by atoms with Gasteiger partial charge in [-0.15, -0.1) is 0 Å². The molecule has 0 fully saturated rings. The number of aryl methyl sites for hydroxylation is 6. The summed E-state index contributed by atoms with van der Waals surface area (Å²) < 4.78 is 33.4. The van der Waals surface area contributed by atoms with Gasteiger partial charge in [-0.05, 0) is 147 Å². The van der Waals surface area contributed by atoms with E-state index in [4.69, 9.17) is 14.1 Å². The molecule has 6 aromatic carbocycles. The van der Waals surface area contributed by atoms with Crippen LogP contribution in [0.3, 0.4) is 0 Å². The van der Waals surface area contributed by atoms with E-state index in [-0.39, 0.29) is 5.56 Å². The van der Waals surface area contributed by atoms with Gasteiger partial charge in [-0.1, -0.05) is 48.5 Å². The second-order valence-corrected chi connectivity index (χ2v) is 13.7. The van der Waals surface area contributed by atoms with Crippen LogP contribution in [0.1, 0.15) is 37.5 Å². The molecule has 242 valence electrons. The summed E-state index contributed by atoms with van der Waals surface area (Å²) in [6.07, 6.45) is 0. The molecule has 50 heavy (non-hydrogen) atoms. The quantitative estimate of drug-likeness (QED) is 0.191. The molecule has 4 heterocycles. The maximum Gasteiger partial charge on any atom is 0.220 e. The van der Waals surface area contributed by atoms with Gasteiger partial charge in [0.15, 0.2) is 0 Å². The van der Waals surface area contributed by atoms with Crippen LogP contribution in [0.15, 0.2) is 109 Å². The lowest BCUT2D eigenvalue weighted by Crippen LogP contribution is -2.02. The number of hydrogen-bond acceptors (Lipinski definition) is 2. The molecule has 0 unspecified atom stereocenters. The van der Waals surface area contributed by atoms with Crippen molar-refractivity contribution < 1.29 is 4.11 Å². The zero-order chi connectivity index (χ0) is 36.5.